The summed E-state index contributed by atoms with van der Waals surface area (Å²) in [6.07, 6.45) is 0.997. The molecule has 2 rings (SSSR count). The van der Waals surface area contributed by atoms with E-state index in [0.717, 1.165) is 19.5 Å². The molecule has 1 fully saturated rings. The summed E-state index contributed by atoms with van der Waals surface area (Å²) >= 11 is 6.12. The number of halogens is 2. The fraction of sp³-hybridized carbons (Fsp3) is 0.562. The largest absolute Gasteiger partial charge is 0.338 e. The molecule has 1 aromatic rings. The molecule has 2 N–H and O–H groups in total. The average molecular weight is 328 g/mol. The fourth-order valence-electron chi connectivity index (χ4n) is 2.77. The van der Waals surface area contributed by atoms with E-state index in [1.165, 1.54) is 0 Å². The zero-order valence-electron chi connectivity index (χ0n) is 13.1. The summed E-state index contributed by atoms with van der Waals surface area (Å²) < 4.78 is 14.2. The highest BCUT2D eigenvalue weighted by atomic mass is 35.5. The van der Waals surface area contributed by atoms with Gasteiger partial charge in [0.25, 0.3) is 0 Å². The molecule has 122 valence electrons. The van der Waals surface area contributed by atoms with Crippen molar-refractivity contribution < 1.29 is 9.18 Å². The van der Waals surface area contributed by atoms with E-state index < -0.39 is 0 Å². The van der Waals surface area contributed by atoms with Gasteiger partial charge in [0.2, 0.25) is 0 Å². The van der Waals surface area contributed by atoms with E-state index in [1.807, 2.05) is 6.92 Å². The minimum Gasteiger partial charge on any atom is -0.338 e. The Hall–Kier alpha value is -1.33. The van der Waals surface area contributed by atoms with E-state index in [0.29, 0.717) is 41.7 Å². The molecule has 0 bridgehead atoms. The summed E-state index contributed by atoms with van der Waals surface area (Å²) in [6, 6.07) is 3.32. The third-order valence-corrected chi connectivity index (χ3v) is 4.37. The van der Waals surface area contributed by atoms with Crippen LogP contribution >= 0.6 is 11.6 Å². The lowest BCUT2D eigenvalue weighted by Gasteiger charge is -2.18. The van der Waals surface area contributed by atoms with Crippen LogP contribution in [0.1, 0.15) is 24.5 Å². The maximum atomic E-state index is 14.2. The van der Waals surface area contributed by atoms with E-state index in [-0.39, 0.29) is 11.8 Å². The topological polar surface area (TPSA) is 44.4 Å². The van der Waals surface area contributed by atoms with Gasteiger partial charge in [-0.1, -0.05) is 17.7 Å². The average Bonchev–Trinajstić information content (AvgIpc) is 2.94. The van der Waals surface area contributed by atoms with Crippen molar-refractivity contribution >= 4 is 17.6 Å². The maximum absolute atomic E-state index is 14.2. The number of hydrogen-bond donors (Lipinski definition) is 2. The normalized spacial score (nSPS) is 18.5. The molecule has 0 aliphatic carbocycles. The molecule has 0 saturated carbocycles. The van der Waals surface area contributed by atoms with Crippen molar-refractivity contribution in [3.63, 3.8) is 0 Å². The number of amides is 2. The van der Waals surface area contributed by atoms with Crippen LogP contribution in [0, 0.1) is 18.7 Å². The van der Waals surface area contributed by atoms with Gasteiger partial charge < -0.3 is 10.6 Å². The zero-order chi connectivity index (χ0) is 16.1. The number of likely N-dealkylation sites (tertiary alicyclic amines) is 1. The van der Waals surface area contributed by atoms with Crippen molar-refractivity contribution in [3.8, 4) is 0 Å². The molecule has 0 spiro atoms. The Labute approximate surface area is 136 Å². The highest BCUT2D eigenvalue weighted by Gasteiger charge is 2.24. The van der Waals surface area contributed by atoms with Gasteiger partial charge in [-0.3, -0.25) is 4.90 Å². The number of hydrogen-bond acceptors (Lipinski definition) is 2. The van der Waals surface area contributed by atoms with Gasteiger partial charge in [-0.15, -0.1) is 0 Å². The van der Waals surface area contributed by atoms with Crippen LogP contribution in [0.5, 0.6) is 0 Å². The van der Waals surface area contributed by atoms with Gasteiger partial charge >= 0.3 is 6.03 Å². The first-order chi connectivity index (χ1) is 10.5. The minimum absolute atomic E-state index is 0.131. The number of nitrogens with one attached hydrogen (secondary N) is 2. The second kappa shape index (κ2) is 7.79. The summed E-state index contributed by atoms with van der Waals surface area (Å²) in [5.41, 5.74) is 1.19. The van der Waals surface area contributed by atoms with Crippen LogP contribution in [0.3, 0.4) is 0 Å². The fourth-order valence-corrected chi connectivity index (χ4v) is 2.97. The molecule has 0 aromatic heterocycles. The molecule has 22 heavy (non-hydrogen) atoms. The Morgan fingerprint density at radius 2 is 2.23 bits per heavy atom. The van der Waals surface area contributed by atoms with Crippen LogP contribution in [-0.4, -0.2) is 37.1 Å². The van der Waals surface area contributed by atoms with Gasteiger partial charge in [0.05, 0.1) is 0 Å². The molecule has 2 amide bonds. The molecular formula is C16H23ClFN3O. The van der Waals surface area contributed by atoms with Crippen molar-refractivity contribution in [2.24, 2.45) is 5.92 Å². The monoisotopic (exact) mass is 327 g/mol. The van der Waals surface area contributed by atoms with Crippen molar-refractivity contribution in [1.29, 1.82) is 0 Å². The molecule has 1 atom stereocenters. The number of urea groups is 1. The third kappa shape index (κ3) is 4.34. The van der Waals surface area contributed by atoms with Crippen molar-refractivity contribution in [2.75, 3.05) is 26.2 Å². The van der Waals surface area contributed by atoms with E-state index in [4.69, 9.17) is 11.6 Å². The van der Waals surface area contributed by atoms with E-state index in [9.17, 15) is 9.18 Å². The first-order valence-corrected chi connectivity index (χ1v) is 8.06. The highest BCUT2D eigenvalue weighted by molar-refractivity contribution is 6.31. The summed E-state index contributed by atoms with van der Waals surface area (Å²) in [7, 11) is 0. The first-order valence-electron chi connectivity index (χ1n) is 7.68. The highest BCUT2D eigenvalue weighted by Crippen LogP contribution is 2.26. The number of aryl methyl sites for hydroxylation is 1. The summed E-state index contributed by atoms with van der Waals surface area (Å²) in [6.45, 7) is 7.15. The smallest absolute Gasteiger partial charge is 0.314 e. The first kappa shape index (κ1) is 17.0. The lowest BCUT2D eigenvalue weighted by molar-refractivity contribution is 0.239. The van der Waals surface area contributed by atoms with Crippen molar-refractivity contribution in [3.05, 3.63) is 34.1 Å². The predicted molar refractivity (Wildman–Crippen MR) is 86.6 cm³/mol. The number of carbonyl (C=O) groups is 1. The minimum atomic E-state index is -0.212. The molecule has 1 heterocycles. The Kier molecular flexibility index (Phi) is 6.03. The van der Waals surface area contributed by atoms with Gasteiger partial charge in [-0.05, 0) is 44.4 Å². The summed E-state index contributed by atoms with van der Waals surface area (Å²) in [4.78, 5) is 13.6. The van der Waals surface area contributed by atoms with Crippen LogP contribution in [0.25, 0.3) is 0 Å². The molecule has 6 heteroatoms. The molecule has 1 aliphatic rings. The van der Waals surface area contributed by atoms with Gasteiger partial charge in [0.1, 0.15) is 5.82 Å². The quantitative estimate of drug-likeness (QED) is 0.873. The third-order valence-electron chi connectivity index (χ3n) is 4.02. The zero-order valence-corrected chi connectivity index (χ0v) is 13.8. The van der Waals surface area contributed by atoms with Crippen LogP contribution < -0.4 is 10.6 Å². The van der Waals surface area contributed by atoms with Crippen molar-refractivity contribution in [2.45, 2.75) is 26.8 Å². The second-order valence-corrected chi connectivity index (χ2v) is 6.19. The second-order valence-electron chi connectivity index (χ2n) is 5.79. The molecule has 0 unspecified atom stereocenters. The Morgan fingerprint density at radius 3 is 2.95 bits per heavy atom. The van der Waals surface area contributed by atoms with Gasteiger partial charge in [0, 0.05) is 36.8 Å². The molecule has 4 nitrogen and oxygen atoms in total. The number of nitrogens with zero attached hydrogens (tertiary/aromatic N) is 1. The maximum Gasteiger partial charge on any atom is 0.314 e. The van der Waals surface area contributed by atoms with Crippen LogP contribution in [0.15, 0.2) is 12.1 Å². The van der Waals surface area contributed by atoms with Crippen LogP contribution in [0.4, 0.5) is 9.18 Å². The van der Waals surface area contributed by atoms with Gasteiger partial charge in [0.15, 0.2) is 0 Å². The van der Waals surface area contributed by atoms with Crippen LogP contribution in [0.2, 0.25) is 5.02 Å². The Morgan fingerprint density at radius 1 is 1.45 bits per heavy atom. The lowest BCUT2D eigenvalue weighted by Crippen LogP contribution is -2.38. The molecule has 1 aliphatic heterocycles. The number of carbonyl (C=O) groups excluding carboxylic acids is 1. The van der Waals surface area contributed by atoms with Gasteiger partial charge in [-0.2, -0.15) is 0 Å². The number of rotatable bonds is 5. The van der Waals surface area contributed by atoms with E-state index in [2.05, 4.69) is 15.5 Å². The van der Waals surface area contributed by atoms with E-state index >= 15 is 0 Å². The SMILES string of the molecule is CCNC(=O)NC[C@@H]1CCN(Cc2c(Cl)ccc(C)c2F)C1. The number of benzene rings is 1. The molecule has 1 aromatic carbocycles. The Balaban J connectivity index is 1.87. The van der Waals surface area contributed by atoms with Crippen molar-refractivity contribution in [1.82, 2.24) is 15.5 Å². The summed E-state index contributed by atoms with van der Waals surface area (Å²) in [5, 5.41) is 6.05. The standard InChI is InChI=1S/C16H23ClFN3O/c1-3-19-16(22)20-8-12-6-7-21(9-12)10-13-14(17)5-4-11(2)15(13)18/h4-5,12H,3,6-10H2,1-2H3,(H2,19,20,22)/t12-/m0/s1. The molecule has 1 saturated heterocycles. The van der Waals surface area contributed by atoms with Gasteiger partial charge in [-0.25, -0.2) is 9.18 Å². The van der Waals surface area contributed by atoms with Crippen LogP contribution in [-0.2, 0) is 6.54 Å². The van der Waals surface area contributed by atoms with E-state index in [1.54, 1.807) is 19.1 Å². The molecule has 0 radical (unpaired) electrons. The molecular weight excluding hydrogens is 305 g/mol. The predicted octanol–water partition coefficient (Wildman–Crippen LogP) is 2.93. The lowest BCUT2D eigenvalue weighted by atomic mass is 10.1. The Bertz CT molecular complexity index is 538. The summed E-state index contributed by atoms with van der Waals surface area (Å²) in [5.74, 6) is 0.186.